The number of imidazole rings is 2. The molecule has 2 amide bonds. The number of aromatic amines is 2. The lowest BCUT2D eigenvalue weighted by Gasteiger charge is -2.29. The Kier molecular flexibility index (Phi) is 7.29. The summed E-state index contributed by atoms with van der Waals surface area (Å²) in [5.41, 5.74) is 5.13. The molecule has 0 bridgehead atoms. The number of likely N-dealkylation sites (tertiary alicyclic amines) is 1. The van der Waals surface area contributed by atoms with E-state index in [9.17, 15) is 9.59 Å². The van der Waals surface area contributed by atoms with Crippen molar-refractivity contribution in [2.75, 3.05) is 20.2 Å². The second-order valence-corrected chi connectivity index (χ2v) is 11.9. The summed E-state index contributed by atoms with van der Waals surface area (Å²) in [4.78, 5) is 48.5. The van der Waals surface area contributed by atoms with Crippen LogP contribution in [0.4, 0.5) is 4.79 Å². The third kappa shape index (κ3) is 5.08. The molecule has 12 nitrogen and oxygen atoms in total. The van der Waals surface area contributed by atoms with Gasteiger partial charge in [-0.3, -0.25) is 4.79 Å². The van der Waals surface area contributed by atoms with Crippen molar-refractivity contribution in [1.82, 2.24) is 40.5 Å². The van der Waals surface area contributed by atoms with Crippen LogP contribution >= 0.6 is 0 Å². The van der Waals surface area contributed by atoms with Crippen molar-refractivity contribution in [2.24, 2.45) is 5.92 Å². The van der Waals surface area contributed by atoms with E-state index in [2.05, 4.69) is 25.6 Å². The Bertz CT molecular complexity index is 1830. The number of methoxy groups -OCH3 is 1. The number of aromatic nitrogens is 5. The van der Waals surface area contributed by atoms with Gasteiger partial charge in [-0.15, -0.1) is 0 Å². The molecule has 2 aromatic carbocycles. The van der Waals surface area contributed by atoms with Gasteiger partial charge in [0, 0.05) is 12.1 Å². The molecule has 5 heterocycles. The number of carbonyl (C=O) groups excluding carboxylic acids is 2. The lowest BCUT2D eigenvalue weighted by Crippen LogP contribution is -2.51. The molecular weight excluding hydrogens is 560 g/mol. The van der Waals surface area contributed by atoms with Crippen LogP contribution in [0.25, 0.3) is 44.8 Å². The molecule has 0 spiro atoms. The Balaban J connectivity index is 1.14. The Labute approximate surface area is 254 Å². The first kappa shape index (κ1) is 28.1. The second-order valence-electron chi connectivity index (χ2n) is 11.9. The molecule has 4 N–H and O–H groups in total. The minimum Gasteiger partial charge on any atom is -0.453 e. The SMILES string of the molecule is COC(=O)NC(C(=O)N1CCC[C@H]1c1nc2ccc(-c3cnc(-c4cccc5[nH]c([C@@H]6CCCN6)nc45)o3)cc2[nH]1)C(C)C. The van der Waals surface area contributed by atoms with Crippen LogP contribution in [0.15, 0.2) is 47.0 Å². The maximum absolute atomic E-state index is 13.5. The number of benzene rings is 2. The Morgan fingerprint density at radius 2 is 1.93 bits per heavy atom. The molecule has 2 aliphatic rings. The van der Waals surface area contributed by atoms with Gasteiger partial charge in [-0.05, 0) is 68.5 Å². The molecule has 2 aliphatic heterocycles. The standard InChI is InChI=1S/C32H36N8O4/c1-17(2)26(39-32(42)43-3)31(41)40-14-6-10-24(40)29-35-20-12-11-18(15-23(20)37-29)25-16-34-30(44-25)19-7-4-8-21-27(19)38-28(36-21)22-9-5-13-33-22/h4,7-8,11-12,15-17,22,24,26,33H,5-6,9-10,13-14H2,1-3H3,(H,35,37)(H,36,38)(H,39,42)/t22-,24-,26?/m0/s1. The average molecular weight is 597 g/mol. The zero-order chi connectivity index (χ0) is 30.4. The number of alkyl carbamates (subject to hydrolysis) is 1. The number of para-hydroxylation sites is 1. The Morgan fingerprint density at radius 3 is 2.73 bits per heavy atom. The predicted molar refractivity (Wildman–Crippen MR) is 165 cm³/mol. The summed E-state index contributed by atoms with van der Waals surface area (Å²) in [7, 11) is 1.29. The van der Waals surface area contributed by atoms with E-state index in [4.69, 9.17) is 19.1 Å². The van der Waals surface area contributed by atoms with E-state index in [0.29, 0.717) is 18.2 Å². The Morgan fingerprint density at radius 1 is 1.07 bits per heavy atom. The lowest BCUT2D eigenvalue weighted by molar-refractivity contribution is -0.135. The van der Waals surface area contributed by atoms with Crippen molar-refractivity contribution in [2.45, 2.75) is 57.7 Å². The number of hydrogen-bond acceptors (Lipinski definition) is 8. The summed E-state index contributed by atoms with van der Waals surface area (Å²) in [5, 5.41) is 6.20. The molecule has 2 saturated heterocycles. The summed E-state index contributed by atoms with van der Waals surface area (Å²) >= 11 is 0. The second kappa shape index (κ2) is 11.4. The van der Waals surface area contributed by atoms with Gasteiger partial charge >= 0.3 is 6.09 Å². The lowest BCUT2D eigenvalue weighted by atomic mass is 10.0. The first-order valence-electron chi connectivity index (χ1n) is 15.2. The van der Waals surface area contributed by atoms with Gasteiger partial charge in [0.2, 0.25) is 11.8 Å². The first-order chi connectivity index (χ1) is 21.4. The highest BCUT2D eigenvalue weighted by Gasteiger charge is 2.37. The smallest absolute Gasteiger partial charge is 0.407 e. The van der Waals surface area contributed by atoms with Gasteiger partial charge in [0.1, 0.15) is 23.2 Å². The van der Waals surface area contributed by atoms with Crippen molar-refractivity contribution >= 4 is 34.1 Å². The fourth-order valence-electron chi connectivity index (χ4n) is 6.37. The van der Waals surface area contributed by atoms with Crippen LogP contribution in [0, 0.1) is 5.92 Å². The topological polar surface area (TPSA) is 154 Å². The average Bonchev–Trinajstić information content (AvgIpc) is 3.86. The predicted octanol–water partition coefficient (Wildman–Crippen LogP) is 5.23. The van der Waals surface area contributed by atoms with Crippen LogP contribution in [-0.4, -0.2) is 68.1 Å². The number of oxazole rings is 1. The molecule has 5 aromatic rings. The van der Waals surface area contributed by atoms with Crippen molar-refractivity contribution in [3.63, 3.8) is 0 Å². The summed E-state index contributed by atoms with van der Waals surface area (Å²) in [6.07, 6.45) is 4.96. The molecule has 44 heavy (non-hydrogen) atoms. The molecule has 0 radical (unpaired) electrons. The summed E-state index contributed by atoms with van der Waals surface area (Å²) in [5.74, 6) is 2.57. The van der Waals surface area contributed by atoms with Gasteiger partial charge in [-0.25, -0.2) is 19.7 Å². The molecular formula is C32H36N8O4. The van der Waals surface area contributed by atoms with Crippen LogP contribution in [0.1, 0.15) is 63.3 Å². The molecule has 3 aromatic heterocycles. The summed E-state index contributed by atoms with van der Waals surface area (Å²) in [6.45, 7) is 5.41. The summed E-state index contributed by atoms with van der Waals surface area (Å²) in [6, 6.07) is 11.2. The van der Waals surface area contributed by atoms with E-state index < -0.39 is 12.1 Å². The number of carbonyl (C=O) groups is 2. The molecule has 0 aliphatic carbocycles. The maximum atomic E-state index is 13.5. The Hall–Kier alpha value is -4.71. The van der Waals surface area contributed by atoms with Gasteiger partial charge in [-0.2, -0.15) is 0 Å². The van der Waals surface area contributed by atoms with Gasteiger partial charge in [0.25, 0.3) is 0 Å². The number of amides is 2. The zero-order valence-corrected chi connectivity index (χ0v) is 25.0. The van der Waals surface area contributed by atoms with Gasteiger partial charge in [-0.1, -0.05) is 19.9 Å². The molecule has 228 valence electrons. The van der Waals surface area contributed by atoms with E-state index in [-0.39, 0.29) is 23.9 Å². The largest absolute Gasteiger partial charge is 0.453 e. The van der Waals surface area contributed by atoms with Crippen molar-refractivity contribution in [1.29, 1.82) is 0 Å². The third-order valence-electron chi connectivity index (χ3n) is 8.69. The number of nitrogens with one attached hydrogen (secondary N) is 4. The van der Waals surface area contributed by atoms with Crippen LogP contribution in [0.3, 0.4) is 0 Å². The van der Waals surface area contributed by atoms with Crippen LogP contribution in [-0.2, 0) is 9.53 Å². The highest BCUT2D eigenvalue weighted by Crippen LogP contribution is 2.35. The molecule has 3 atom stereocenters. The fourth-order valence-corrected chi connectivity index (χ4v) is 6.37. The molecule has 12 heteroatoms. The molecule has 0 saturated carbocycles. The number of ether oxygens (including phenoxy) is 1. The highest BCUT2D eigenvalue weighted by atomic mass is 16.5. The van der Waals surface area contributed by atoms with E-state index in [1.807, 2.05) is 55.1 Å². The first-order valence-corrected chi connectivity index (χ1v) is 15.2. The summed E-state index contributed by atoms with van der Waals surface area (Å²) < 4.78 is 11.0. The fraction of sp³-hybridized carbons (Fsp3) is 0.406. The molecule has 1 unspecified atom stereocenters. The van der Waals surface area contributed by atoms with E-state index in [1.54, 1.807) is 6.20 Å². The quantitative estimate of drug-likeness (QED) is 0.199. The number of fused-ring (bicyclic) bond motifs is 2. The van der Waals surface area contributed by atoms with Crippen molar-refractivity contribution < 1.29 is 18.7 Å². The minimum atomic E-state index is -0.682. The number of nitrogens with zero attached hydrogens (tertiary/aromatic N) is 4. The van der Waals surface area contributed by atoms with Crippen LogP contribution in [0.5, 0.6) is 0 Å². The highest BCUT2D eigenvalue weighted by molar-refractivity contribution is 5.90. The zero-order valence-electron chi connectivity index (χ0n) is 25.0. The monoisotopic (exact) mass is 596 g/mol. The number of rotatable bonds is 7. The number of H-pyrrole nitrogens is 2. The van der Waals surface area contributed by atoms with Crippen molar-refractivity contribution in [3.05, 3.63) is 54.2 Å². The molecule has 2 fully saturated rings. The number of hydrogen-bond donors (Lipinski definition) is 4. The maximum Gasteiger partial charge on any atom is 0.407 e. The van der Waals surface area contributed by atoms with Gasteiger partial charge < -0.3 is 34.7 Å². The van der Waals surface area contributed by atoms with E-state index in [1.165, 1.54) is 7.11 Å². The van der Waals surface area contributed by atoms with Crippen LogP contribution < -0.4 is 10.6 Å². The molecule has 7 rings (SSSR count). The van der Waals surface area contributed by atoms with Gasteiger partial charge in [0.05, 0.1) is 47.5 Å². The van der Waals surface area contributed by atoms with Crippen molar-refractivity contribution in [3.8, 4) is 22.8 Å². The van der Waals surface area contributed by atoms with Crippen LogP contribution in [0.2, 0.25) is 0 Å². The normalized spacial score (nSPS) is 19.3. The van der Waals surface area contributed by atoms with E-state index in [0.717, 1.165) is 77.1 Å². The third-order valence-corrected chi connectivity index (χ3v) is 8.69. The van der Waals surface area contributed by atoms with E-state index >= 15 is 0 Å². The van der Waals surface area contributed by atoms with Gasteiger partial charge in [0.15, 0.2) is 5.76 Å². The minimum absolute atomic E-state index is 0.0979.